The van der Waals surface area contributed by atoms with E-state index >= 15 is 0 Å². The van der Waals surface area contributed by atoms with Gasteiger partial charge in [-0.1, -0.05) is 32.4 Å². The van der Waals surface area contributed by atoms with Crippen LogP contribution in [0.5, 0.6) is 0 Å². The quantitative estimate of drug-likeness (QED) is 0.845. The summed E-state index contributed by atoms with van der Waals surface area (Å²) in [5, 5.41) is 12.4. The van der Waals surface area contributed by atoms with Crippen LogP contribution in [0.2, 0.25) is 0 Å². The topological polar surface area (TPSA) is 52.6 Å². The van der Waals surface area contributed by atoms with Gasteiger partial charge in [0.2, 0.25) is 5.91 Å². The molecule has 0 bridgehead atoms. The van der Waals surface area contributed by atoms with Crippen molar-refractivity contribution in [1.29, 1.82) is 0 Å². The summed E-state index contributed by atoms with van der Waals surface area (Å²) in [7, 11) is 0. The Morgan fingerprint density at radius 3 is 2.71 bits per heavy atom. The fourth-order valence-corrected chi connectivity index (χ4v) is 3.01. The number of likely N-dealkylation sites (tertiary alicyclic amines) is 1. The van der Waals surface area contributed by atoms with Crippen LogP contribution < -0.4 is 5.32 Å². The molecule has 2 rings (SSSR count). The van der Waals surface area contributed by atoms with Gasteiger partial charge in [-0.2, -0.15) is 0 Å². The summed E-state index contributed by atoms with van der Waals surface area (Å²) in [5.41, 5.74) is 2.14. The van der Waals surface area contributed by atoms with Gasteiger partial charge in [0, 0.05) is 11.7 Å². The maximum atomic E-state index is 12.1. The number of aliphatic hydroxyl groups is 1. The Labute approximate surface area is 127 Å². The van der Waals surface area contributed by atoms with Crippen LogP contribution in [0.15, 0.2) is 24.3 Å². The number of hydrogen-bond acceptors (Lipinski definition) is 3. The van der Waals surface area contributed by atoms with Crippen molar-refractivity contribution in [3.63, 3.8) is 0 Å². The van der Waals surface area contributed by atoms with E-state index in [0.29, 0.717) is 12.5 Å². The number of anilines is 1. The Bertz CT molecular complexity index is 458. The van der Waals surface area contributed by atoms with Crippen LogP contribution in [0.3, 0.4) is 0 Å². The molecule has 4 nitrogen and oxygen atoms in total. The van der Waals surface area contributed by atoms with Crippen molar-refractivity contribution in [2.45, 2.75) is 39.2 Å². The lowest BCUT2D eigenvalue weighted by molar-refractivity contribution is -0.117. The molecule has 0 aliphatic carbocycles. The van der Waals surface area contributed by atoms with E-state index in [2.05, 4.69) is 36.2 Å². The number of rotatable bonds is 6. The molecule has 0 spiro atoms. The van der Waals surface area contributed by atoms with Crippen LogP contribution in [0.25, 0.3) is 0 Å². The van der Waals surface area contributed by atoms with Crippen molar-refractivity contribution in [3.05, 3.63) is 29.8 Å². The molecule has 0 aromatic heterocycles. The Morgan fingerprint density at radius 1 is 1.38 bits per heavy atom. The van der Waals surface area contributed by atoms with E-state index in [-0.39, 0.29) is 18.6 Å². The molecule has 1 aromatic rings. The SMILES string of the molecule is CCCc1ccc(NC(=O)CN2CCC(C)C2CO)cc1. The molecule has 1 aliphatic heterocycles. The maximum Gasteiger partial charge on any atom is 0.238 e. The number of nitrogens with zero attached hydrogens (tertiary/aromatic N) is 1. The first kappa shape index (κ1) is 16.0. The van der Waals surface area contributed by atoms with Gasteiger partial charge in [-0.3, -0.25) is 9.69 Å². The zero-order chi connectivity index (χ0) is 15.2. The summed E-state index contributed by atoms with van der Waals surface area (Å²) < 4.78 is 0. The number of benzene rings is 1. The van der Waals surface area contributed by atoms with E-state index < -0.39 is 0 Å². The Morgan fingerprint density at radius 2 is 2.10 bits per heavy atom. The molecule has 21 heavy (non-hydrogen) atoms. The zero-order valence-electron chi connectivity index (χ0n) is 13.0. The molecule has 1 amide bonds. The summed E-state index contributed by atoms with van der Waals surface area (Å²) in [6.45, 7) is 5.65. The monoisotopic (exact) mass is 290 g/mol. The van der Waals surface area contributed by atoms with Crippen molar-refractivity contribution >= 4 is 11.6 Å². The number of hydrogen-bond donors (Lipinski definition) is 2. The molecule has 1 heterocycles. The Kier molecular flexibility index (Phi) is 5.76. The Balaban J connectivity index is 1.86. The van der Waals surface area contributed by atoms with E-state index in [1.165, 1.54) is 5.56 Å². The number of aryl methyl sites for hydroxylation is 1. The molecule has 0 saturated carbocycles. The number of amides is 1. The van der Waals surface area contributed by atoms with Gasteiger partial charge in [0.25, 0.3) is 0 Å². The molecule has 116 valence electrons. The number of aliphatic hydroxyl groups excluding tert-OH is 1. The van der Waals surface area contributed by atoms with Crippen LogP contribution in [0, 0.1) is 5.92 Å². The first-order chi connectivity index (χ1) is 10.1. The predicted molar refractivity (Wildman–Crippen MR) is 85.3 cm³/mol. The lowest BCUT2D eigenvalue weighted by atomic mass is 10.0. The van der Waals surface area contributed by atoms with Crippen molar-refractivity contribution in [2.24, 2.45) is 5.92 Å². The highest BCUT2D eigenvalue weighted by molar-refractivity contribution is 5.92. The lowest BCUT2D eigenvalue weighted by Crippen LogP contribution is -2.40. The van der Waals surface area contributed by atoms with Gasteiger partial charge in [0.15, 0.2) is 0 Å². The van der Waals surface area contributed by atoms with Crippen molar-refractivity contribution in [1.82, 2.24) is 4.90 Å². The molecule has 2 unspecified atom stereocenters. The molecule has 2 N–H and O–H groups in total. The molecule has 1 fully saturated rings. The maximum absolute atomic E-state index is 12.1. The normalized spacial score (nSPS) is 22.4. The Hall–Kier alpha value is -1.39. The smallest absolute Gasteiger partial charge is 0.238 e. The van der Waals surface area contributed by atoms with Crippen molar-refractivity contribution < 1.29 is 9.90 Å². The molecule has 1 aromatic carbocycles. The third kappa shape index (κ3) is 4.29. The summed E-state index contributed by atoms with van der Waals surface area (Å²) in [5.74, 6) is 0.446. The second-order valence-corrected chi connectivity index (χ2v) is 5.98. The third-order valence-corrected chi connectivity index (χ3v) is 4.31. The van der Waals surface area contributed by atoms with Crippen molar-refractivity contribution in [3.8, 4) is 0 Å². The van der Waals surface area contributed by atoms with Crippen LogP contribution in [0.4, 0.5) is 5.69 Å². The summed E-state index contributed by atoms with van der Waals surface area (Å²) in [6.07, 6.45) is 3.24. The van der Waals surface area contributed by atoms with Crippen LogP contribution in [0.1, 0.15) is 32.3 Å². The first-order valence-electron chi connectivity index (χ1n) is 7.87. The van der Waals surface area contributed by atoms with E-state index in [0.717, 1.165) is 31.5 Å². The highest BCUT2D eigenvalue weighted by Crippen LogP contribution is 2.23. The minimum atomic E-state index is -0.00853. The summed E-state index contributed by atoms with van der Waals surface area (Å²) in [4.78, 5) is 14.2. The molecule has 2 atom stereocenters. The van der Waals surface area contributed by atoms with E-state index in [4.69, 9.17) is 0 Å². The average Bonchev–Trinajstić information content (AvgIpc) is 2.81. The highest BCUT2D eigenvalue weighted by Gasteiger charge is 2.31. The van der Waals surface area contributed by atoms with Crippen LogP contribution in [-0.2, 0) is 11.2 Å². The summed E-state index contributed by atoms with van der Waals surface area (Å²) in [6, 6.07) is 8.15. The fourth-order valence-electron chi connectivity index (χ4n) is 3.01. The average molecular weight is 290 g/mol. The number of nitrogens with one attached hydrogen (secondary N) is 1. The van der Waals surface area contributed by atoms with Gasteiger partial charge in [0.1, 0.15) is 0 Å². The first-order valence-corrected chi connectivity index (χ1v) is 7.87. The minimum Gasteiger partial charge on any atom is -0.395 e. The van der Waals surface area contributed by atoms with Gasteiger partial charge in [0.05, 0.1) is 13.2 Å². The molecule has 1 aliphatic rings. The van der Waals surface area contributed by atoms with Crippen LogP contribution >= 0.6 is 0 Å². The van der Waals surface area contributed by atoms with Crippen LogP contribution in [-0.4, -0.2) is 41.7 Å². The highest BCUT2D eigenvalue weighted by atomic mass is 16.3. The van der Waals surface area contributed by atoms with Gasteiger partial charge >= 0.3 is 0 Å². The van der Waals surface area contributed by atoms with E-state index in [9.17, 15) is 9.90 Å². The van der Waals surface area contributed by atoms with E-state index in [1.807, 2.05) is 12.1 Å². The zero-order valence-corrected chi connectivity index (χ0v) is 13.0. The minimum absolute atomic E-state index is 0.00853. The second-order valence-electron chi connectivity index (χ2n) is 5.98. The number of carbonyl (C=O) groups excluding carboxylic acids is 1. The molecular weight excluding hydrogens is 264 g/mol. The van der Waals surface area contributed by atoms with Crippen molar-refractivity contribution in [2.75, 3.05) is 25.0 Å². The molecule has 0 radical (unpaired) electrons. The largest absolute Gasteiger partial charge is 0.395 e. The molecule has 4 heteroatoms. The summed E-state index contributed by atoms with van der Waals surface area (Å²) >= 11 is 0. The van der Waals surface area contributed by atoms with Gasteiger partial charge in [-0.25, -0.2) is 0 Å². The van der Waals surface area contributed by atoms with Gasteiger partial charge in [-0.15, -0.1) is 0 Å². The fraction of sp³-hybridized carbons (Fsp3) is 0.588. The molecular formula is C17H26N2O2. The lowest BCUT2D eigenvalue weighted by Gasteiger charge is -2.24. The second kappa shape index (κ2) is 7.57. The predicted octanol–water partition coefficient (Wildman–Crippen LogP) is 2.28. The molecule has 1 saturated heterocycles. The van der Waals surface area contributed by atoms with Gasteiger partial charge in [-0.05, 0) is 43.0 Å². The third-order valence-electron chi connectivity index (χ3n) is 4.31. The van der Waals surface area contributed by atoms with E-state index in [1.54, 1.807) is 0 Å². The van der Waals surface area contributed by atoms with Gasteiger partial charge < -0.3 is 10.4 Å². The number of carbonyl (C=O) groups is 1. The standard InChI is InChI=1S/C17H26N2O2/c1-3-4-14-5-7-15(8-6-14)18-17(21)11-19-10-9-13(2)16(19)12-20/h5-8,13,16,20H,3-4,9-12H2,1-2H3,(H,18,21).